The second kappa shape index (κ2) is 6.54. The summed E-state index contributed by atoms with van der Waals surface area (Å²) in [5.41, 5.74) is 2.62. The molecule has 0 aliphatic carbocycles. The molecule has 0 aliphatic rings. The number of phenols is 1. The molecule has 0 saturated heterocycles. The Kier molecular flexibility index (Phi) is 4.29. The van der Waals surface area contributed by atoms with E-state index in [0.717, 1.165) is 11.1 Å². The van der Waals surface area contributed by atoms with E-state index in [1.807, 2.05) is 6.07 Å². The number of halogens is 1. The molecule has 6 heteroatoms. The zero-order chi connectivity index (χ0) is 17.1. The van der Waals surface area contributed by atoms with Crippen LogP contribution in [0.2, 0.25) is 0 Å². The molecule has 0 unspecified atom stereocenters. The second-order valence-electron chi connectivity index (χ2n) is 5.14. The van der Waals surface area contributed by atoms with Crippen molar-refractivity contribution in [2.24, 2.45) is 0 Å². The van der Waals surface area contributed by atoms with Gasteiger partial charge in [-0.25, -0.2) is 4.39 Å². The molecular formula is C18H16FN3O2. The largest absolute Gasteiger partial charge is 0.507 e. The van der Waals surface area contributed by atoms with Gasteiger partial charge in [0.1, 0.15) is 11.6 Å². The number of methoxy groups -OCH3 is 1. The third kappa shape index (κ3) is 2.99. The molecule has 5 nitrogen and oxygen atoms in total. The van der Waals surface area contributed by atoms with Gasteiger partial charge < -0.3 is 15.2 Å². The predicted molar refractivity (Wildman–Crippen MR) is 90.6 cm³/mol. The molecular weight excluding hydrogens is 309 g/mol. The predicted octanol–water partition coefficient (Wildman–Crippen LogP) is 3.71. The Morgan fingerprint density at radius 3 is 2.38 bits per heavy atom. The molecule has 122 valence electrons. The molecule has 1 heterocycles. The number of anilines is 1. The van der Waals surface area contributed by atoms with Crippen molar-refractivity contribution in [2.75, 3.05) is 19.5 Å². The molecule has 3 rings (SSSR count). The average Bonchev–Trinajstić information content (AvgIpc) is 2.62. The van der Waals surface area contributed by atoms with Gasteiger partial charge in [0.15, 0.2) is 11.6 Å². The fraction of sp³-hybridized carbons (Fsp3) is 0.111. The first-order valence-corrected chi connectivity index (χ1v) is 7.31. The Morgan fingerprint density at radius 2 is 1.75 bits per heavy atom. The van der Waals surface area contributed by atoms with Gasteiger partial charge in [-0.05, 0) is 47.5 Å². The first-order valence-electron chi connectivity index (χ1n) is 7.31. The highest BCUT2D eigenvalue weighted by atomic mass is 19.1. The normalized spacial score (nSPS) is 10.5. The Morgan fingerprint density at radius 1 is 1.00 bits per heavy atom. The van der Waals surface area contributed by atoms with E-state index in [9.17, 15) is 9.50 Å². The first kappa shape index (κ1) is 15.7. The van der Waals surface area contributed by atoms with Gasteiger partial charge in [-0.2, -0.15) is 0 Å². The molecule has 0 atom stereocenters. The van der Waals surface area contributed by atoms with Crippen LogP contribution in [0.4, 0.5) is 10.2 Å². The van der Waals surface area contributed by atoms with Crippen LogP contribution in [-0.4, -0.2) is 29.5 Å². The minimum atomic E-state index is -0.429. The fourth-order valence-electron chi connectivity index (χ4n) is 2.38. The molecule has 0 radical (unpaired) electrons. The number of aromatic hydroxyl groups is 1. The number of hydrogen-bond acceptors (Lipinski definition) is 5. The van der Waals surface area contributed by atoms with E-state index < -0.39 is 5.82 Å². The average molecular weight is 325 g/mol. The second-order valence-corrected chi connectivity index (χ2v) is 5.14. The lowest BCUT2D eigenvalue weighted by Crippen LogP contribution is -1.95. The number of phenolic OH excluding ortho intramolecular Hbond substituents is 1. The summed E-state index contributed by atoms with van der Waals surface area (Å²) < 4.78 is 18.5. The summed E-state index contributed by atoms with van der Waals surface area (Å²) in [6, 6.07) is 13.3. The minimum absolute atomic E-state index is 0.0716. The van der Waals surface area contributed by atoms with Crippen molar-refractivity contribution in [2.45, 2.75) is 0 Å². The number of nitrogens with one attached hydrogen (secondary N) is 1. The van der Waals surface area contributed by atoms with Gasteiger partial charge in [-0.3, -0.25) is 0 Å². The Hall–Kier alpha value is -3.15. The van der Waals surface area contributed by atoms with Crippen LogP contribution in [0.1, 0.15) is 0 Å². The zero-order valence-corrected chi connectivity index (χ0v) is 13.2. The standard InChI is InChI=1S/C18H16FN3O2/c1-20-18-8-7-15(21-22-18)13-5-3-11(9-16(13)23)12-4-6-14(19)17(10-12)24-2/h3-10,23H,1-2H3,(H,20,22). The topological polar surface area (TPSA) is 67.3 Å². The smallest absolute Gasteiger partial charge is 0.165 e. The Bertz CT molecular complexity index is 867. The highest BCUT2D eigenvalue weighted by Gasteiger charge is 2.10. The molecule has 24 heavy (non-hydrogen) atoms. The molecule has 2 N–H and O–H groups in total. The summed E-state index contributed by atoms with van der Waals surface area (Å²) in [6.45, 7) is 0. The maximum atomic E-state index is 13.5. The van der Waals surface area contributed by atoms with E-state index >= 15 is 0 Å². The van der Waals surface area contributed by atoms with E-state index in [1.165, 1.54) is 13.2 Å². The molecule has 2 aromatic carbocycles. The van der Waals surface area contributed by atoms with Gasteiger partial charge in [-0.15, -0.1) is 10.2 Å². The van der Waals surface area contributed by atoms with Crippen LogP contribution >= 0.6 is 0 Å². The quantitative estimate of drug-likeness (QED) is 0.765. The lowest BCUT2D eigenvalue weighted by molar-refractivity contribution is 0.387. The van der Waals surface area contributed by atoms with E-state index in [1.54, 1.807) is 43.4 Å². The highest BCUT2D eigenvalue weighted by Crippen LogP contribution is 2.34. The first-order chi connectivity index (χ1) is 11.6. The van der Waals surface area contributed by atoms with Gasteiger partial charge in [-0.1, -0.05) is 12.1 Å². The number of aromatic nitrogens is 2. The van der Waals surface area contributed by atoms with Crippen molar-refractivity contribution in [3.05, 3.63) is 54.3 Å². The maximum Gasteiger partial charge on any atom is 0.165 e. The van der Waals surface area contributed by atoms with Crippen molar-refractivity contribution >= 4 is 5.82 Å². The maximum absolute atomic E-state index is 13.5. The van der Waals surface area contributed by atoms with Gasteiger partial charge in [0.05, 0.1) is 12.8 Å². The van der Waals surface area contributed by atoms with Gasteiger partial charge in [0.25, 0.3) is 0 Å². The van der Waals surface area contributed by atoms with E-state index in [0.29, 0.717) is 17.1 Å². The summed E-state index contributed by atoms with van der Waals surface area (Å²) >= 11 is 0. The number of benzene rings is 2. The zero-order valence-electron chi connectivity index (χ0n) is 13.2. The number of hydrogen-bond donors (Lipinski definition) is 2. The van der Waals surface area contributed by atoms with Crippen LogP contribution in [0.15, 0.2) is 48.5 Å². The molecule has 0 spiro atoms. The van der Waals surface area contributed by atoms with Crippen LogP contribution in [-0.2, 0) is 0 Å². The lowest BCUT2D eigenvalue weighted by atomic mass is 10.0. The lowest BCUT2D eigenvalue weighted by Gasteiger charge is -2.09. The minimum Gasteiger partial charge on any atom is -0.507 e. The van der Waals surface area contributed by atoms with Crippen LogP contribution in [0.25, 0.3) is 22.4 Å². The summed E-state index contributed by atoms with van der Waals surface area (Å²) in [7, 11) is 3.17. The number of rotatable bonds is 4. The SMILES string of the molecule is CNc1ccc(-c2ccc(-c3ccc(F)c(OC)c3)cc2O)nn1. The summed E-state index contributed by atoms with van der Waals surface area (Å²) in [5, 5.41) is 21.3. The Balaban J connectivity index is 1.97. The van der Waals surface area contributed by atoms with Crippen molar-refractivity contribution in [1.82, 2.24) is 10.2 Å². The molecule has 0 fully saturated rings. The molecule has 0 saturated carbocycles. The Labute approximate surface area is 138 Å². The summed E-state index contributed by atoms with van der Waals surface area (Å²) in [4.78, 5) is 0. The third-order valence-corrected chi connectivity index (χ3v) is 3.68. The van der Waals surface area contributed by atoms with Crippen LogP contribution in [0.5, 0.6) is 11.5 Å². The molecule has 3 aromatic rings. The molecule has 0 amide bonds. The van der Waals surface area contributed by atoms with E-state index in [4.69, 9.17) is 4.74 Å². The van der Waals surface area contributed by atoms with Crippen LogP contribution < -0.4 is 10.1 Å². The molecule has 0 aliphatic heterocycles. The van der Waals surface area contributed by atoms with Crippen LogP contribution in [0, 0.1) is 5.82 Å². The van der Waals surface area contributed by atoms with Crippen molar-refractivity contribution < 1.29 is 14.2 Å². The van der Waals surface area contributed by atoms with Crippen molar-refractivity contribution in [3.63, 3.8) is 0 Å². The van der Waals surface area contributed by atoms with Gasteiger partial charge in [0.2, 0.25) is 0 Å². The van der Waals surface area contributed by atoms with Gasteiger partial charge >= 0.3 is 0 Å². The van der Waals surface area contributed by atoms with E-state index in [-0.39, 0.29) is 11.5 Å². The molecule has 1 aromatic heterocycles. The fourth-order valence-corrected chi connectivity index (χ4v) is 2.38. The monoisotopic (exact) mass is 325 g/mol. The van der Waals surface area contributed by atoms with Crippen molar-refractivity contribution in [3.8, 4) is 33.9 Å². The number of ether oxygens (including phenoxy) is 1. The summed E-state index contributed by atoms with van der Waals surface area (Å²) in [6.07, 6.45) is 0. The third-order valence-electron chi connectivity index (χ3n) is 3.68. The van der Waals surface area contributed by atoms with Crippen molar-refractivity contribution in [1.29, 1.82) is 0 Å². The van der Waals surface area contributed by atoms with Crippen LogP contribution in [0.3, 0.4) is 0 Å². The van der Waals surface area contributed by atoms with E-state index in [2.05, 4.69) is 15.5 Å². The highest BCUT2D eigenvalue weighted by molar-refractivity contribution is 5.74. The molecule has 0 bridgehead atoms. The van der Waals surface area contributed by atoms with Gasteiger partial charge in [0, 0.05) is 12.6 Å². The summed E-state index contributed by atoms with van der Waals surface area (Å²) in [5.74, 6) is 0.446. The number of nitrogens with zero attached hydrogens (tertiary/aromatic N) is 2.